The van der Waals surface area contributed by atoms with Gasteiger partial charge in [0.1, 0.15) is 0 Å². The predicted octanol–water partition coefficient (Wildman–Crippen LogP) is 17.1. The Hall–Kier alpha value is 4.04. The van der Waals surface area contributed by atoms with Crippen LogP contribution in [-0.4, -0.2) is 36.5 Å². The van der Waals surface area contributed by atoms with Gasteiger partial charge in [-0.05, 0) is 71.0 Å². The van der Waals surface area contributed by atoms with Gasteiger partial charge in [0, 0.05) is 0 Å². The van der Waals surface area contributed by atoms with E-state index in [-0.39, 0.29) is 0 Å². The maximum absolute atomic E-state index is 2.30. The molecule has 0 radical (unpaired) electrons. The zero-order valence-electron chi connectivity index (χ0n) is 25.6. The molecule has 0 aliphatic carbocycles. The Labute approximate surface area is 334 Å². The molecular formula is C28H38S16. The molecule has 0 aromatic carbocycles. The van der Waals surface area contributed by atoms with Crippen molar-refractivity contribution in [2.24, 2.45) is 0 Å². The lowest BCUT2D eigenvalue weighted by atomic mass is 10.2. The molecule has 0 nitrogen and oxygen atoms in total. The molecule has 0 aromatic heterocycles. The normalized spacial score (nSPS) is 19.5. The number of unbranched alkanes of at least 4 members (excludes halogenated alkanes) is 6. The molecule has 0 spiro atoms. The first-order chi connectivity index (χ1) is 21.5. The van der Waals surface area contributed by atoms with Crippen LogP contribution in [0.15, 0.2) is 50.8 Å². The zero-order chi connectivity index (χ0) is 31.3. The summed E-state index contributed by atoms with van der Waals surface area (Å²) in [5.74, 6) is 2.45. The summed E-state index contributed by atoms with van der Waals surface area (Å²) >= 11 is 27.9. The highest BCUT2D eigenvalue weighted by molar-refractivity contribution is 8.84. The molecule has 0 bridgehead atoms. The molecule has 4 aliphatic heterocycles. The van der Waals surface area contributed by atoms with Crippen molar-refractivity contribution in [3.8, 4) is 0 Å². The Morgan fingerprint density at radius 2 is 0.659 bits per heavy atom. The third-order valence-corrected chi connectivity index (χ3v) is 29.3. The van der Waals surface area contributed by atoms with E-state index in [1.54, 1.807) is 0 Å². The molecule has 0 aromatic rings. The van der Waals surface area contributed by atoms with Gasteiger partial charge >= 0.3 is 0 Å². The number of thioether (sulfide) groups is 14. The summed E-state index contributed by atoms with van der Waals surface area (Å²) in [5, 5.41) is 0. The van der Waals surface area contributed by atoms with Crippen molar-refractivity contribution in [2.45, 2.75) is 65.2 Å². The first kappa shape index (κ1) is 40.8. The van der Waals surface area contributed by atoms with Gasteiger partial charge in [0.15, 0.2) is 0 Å². The van der Waals surface area contributed by atoms with Crippen LogP contribution in [0, 0.1) is 0 Å². The third-order valence-electron chi connectivity index (χ3n) is 5.88. The summed E-state index contributed by atoms with van der Waals surface area (Å²) < 4.78 is 17.9. The Balaban J connectivity index is 1.48. The van der Waals surface area contributed by atoms with Crippen LogP contribution in [0.4, 0.5) is 0 Å². The Bertz CT molecular complexity index is 1070. The molecule has 0 saturated carbocycles. The van der Waals surface area contributed by atoms with E-state index < -0.39 is 0 Å². The molecule has 0 atom stereocenters. The summed E-state index contributed by atoms with van der Waals surface area (Å²) in [7, 11) is 4.04. The van der Waals surface area contributed by atoms with Gasteiger partial charge in [-0.3, -0.25) is 0 Å². The van der Waals surface area contributed by atoms with Gasteiger partial charge < -0.3 is 0 Å². The van der Waals surface area contributed by atoms with Crippen molar-refractivity contribution in [3.05, 3.63) is 50.8 Å². The van der Waals surface area contributed by atoms with Crippen LogP contribution in [0.25, 0.3) is 0 Å². The zero-order valence-corrected chi connectivity index (χ0v) is 38.7. The largest absolute Gasteiger partial charge is 0.121 e. The van der Waals surface area contributed by atoms with Crippen LogP contribution in [0.2, 0.25) is 0 Å². The second-order valence-electron chi connectivity index (χ2n) is 9.07. The fourth-order valence-electron chi connectivity index (χ4n) is 3.67. The molecule has 44 heavy (non-hydrogen) atoms. The quantitative estimate of drug-likeness (QED) is 0.0892. The van der Waals surface area contributed by atoms with Crippen LogP contribution in [0.1, 0.15) is 65.2 Å². The SMILES string of the molecule is CCCCCCSC1=C(SSC2=C(SCCCCCC)SC(=C3SC(SC)=C(SC)S3)S2)SC(=C2SC(SC)=C(SC)S2)S1. The highest BCUT2D eigenvalue weighted by Gasteiger charge is 2.33. The van der Waals surface area contributed by atoms with Gasteiger partial charge in [-0.1, -0.05) is 146 Å². The maximum Gasteiger partial charge on any atom is 0.0772 e. The van der Waals surface area contributed by atoms with E-state index in [1.165, 1.54) is 114 Å². The van der Waals surface area contributed by atoms with Crippen LogP contribution >= 0.6 is 186 Å². The molecule has 0 unspecified atom stereocenters. The molecule has 4 aliphatic rings. The van der Waals surface area contributed by atoms with E-state index in [0.717, 1.165) is 0 Å². The van der Waals surface area contributed by atoms with Crippen LogP contribution < -0.4 is 0 Å². The molecule has 4 heterocycles. The van der Waals surface area contributed by atoms with E-state index in [1.807, 2.05) is 163 Å². The lowest BCUT2D eigenvalue weighted by Gasteiger charge is -2.06. The molecule has 0 fully saturated rings. The summed E-state index contributed by atoms with van der Waals surface area (Å²) in [5.41, 5.74) is 0. The fraction of sp³-hybridized carbons (Fsp3) is 0.571. The minimum atomic E-state index is 1.23. The Kier molecular flexibility index (Phi) is 21.2. The lowest BCUT2D eigenvalue weighted by Crippen LogP contribution is -1.81. The van der Waals surface area contributed by atoms with E-state index in [4.69, 9.17) is 0 Å². The van der Waals surface area contributed by atoms with Gasteiger partial charge in [0.05, 0.1) is 50.8 Å². The molecule has 4 rings (SSSR count). The Morgan fingerprint density at radius 3 is 0.955 bits per heavy atom. The third kappa shape index (κ3) is 12.3. The van der Waals surface area contributed by atoms with Gasteiger partial charge in [-0.15, -0.1) is 70.6 Å². The number of hydrogen-bond acceptors (Lipinski definition) is 16. The van der Waals surface area contributed by atoms with Gasteiger partial charge in [-0.25, -0.2) is 0 Å². The highest BCUT2D eigenvalue weighted by Crippen LogP contribution is 2.70. The molecule has 0 amide bonds. The van der Waals surface area contributed by atoms with Gasteiger partial charge in [0.2, 0.25) is 0 Å². The smallest absolute Gasteiger partial charge is 0.0772 e. The predicted molar refractivity (Wildman–Crippen MR) is 245 cm³/mol. The summed E-state index contributed by atoms with van der Waals surface area (Å²) in [4.78, 5) is 0. The minimum Gasteiger partial charge on any atom is -0.121 e. The molecule has 16 heteroatoms. The van der Waals surface area contributed by atoms with Gasteiger partial charge in [-0.2, -0.15) is 0 Å². The summed E-state index contributed by atoms with van der Waals surface area (Å²) in [6.07, 6.45) is 19.5. The van der Waals surface area contributed by atoms with Crippen LogP contribution in [-0.2, 0) is 0 Å². The Morgan fingerprint density at radius 1 is 0.364 bits per heavy atom. The van der Waals surface area contributed by atoms with Crippen LogP contribution in [0.5, 0.6) is 0 Å². The summed E-state index contributed by atoms with van der Waals surface area (Å²) in [6, 6.07) is 0. The van der Waals surface area contributed by atoms with Crippen LogP contribution in [0.3, 0.4) is 0 Å². The molecule has 0 N–H and O–H groups in total. The number of rotatable bonds is 19. The topological polar surface area (TPSA) is 0 Å². The van der Waals surface area contributed by atoms with Crippen molar-refractivity contribution >= 4 is 186 Å². The van der Waals surface area contributed by atoms with E-state index >= 15 is 0 Å². The van der Waals surface area contributed by atoms with E-state index in [0.29, 0.717) is 0 Å². The van der Waals surface area contributed by atoms with Crippen molar-refractivity contribution in [3.63, 3.8) is 0 Å². The second kappa shape index (κ2) is 22.9. The van der Waals surface area contributed by atoms with Gasteiger partial charge in [0.25, 0.3) is 0 Å². The maximum atomic E-state index is 2.30. The van der Waals surface area contributed by atoms with Crippen molar-refractivity contribution in [1.82, 2.24) is 0 Å². The standard InChI is InChI=1S/C28H38S16/c1-7-9-11-13-15-33-21-27(41-25(39-21)23-35-17(29-3)18(30-4)36-23)43-44-28-22(34-16-14-12-10-8-2)40-26(42-28)24-37-19(31-5)20(32-6)38-24/h7-16H2,1-6H3. The van der Waals surface area contributed by atoms with E-state index in [2.05, 4.69) is 62.4 Å². The first-order valence-corrected chi connectivity index (χ1v) is 29.7. The highest BCUT2D eigenvalue weighted by atomic mass is 33.1. The first-order valence-electron chi connectivity index (χ1n) is 14.2. The average molecular weight is 888 g/mol. The van der Waals surface area contributed by atoms with Crippen molar-refractivity contribution < 1.29 is 0 Å². The molecule has 0 saturated heterocycles. The van der Waals surface area contributed by atoms with E-state index in [9.17, 15) is 0 Å². The lowest BCUT2D eigenvalue weighted by molar-refractivity contribution is 0.707. The number of hydrogen-bond donors (Lipinski definition) is 0. The monoisotopic (exact) mass is 886 g/mol. The molecule has 246 valence electrons. The average Bonchev–Trinajstić information content (AvgIpc) is 3.83. The summed E-state index contributed by atoms with van der Waals surface area (Å²) in [6.45, 7) is 4.61. The fourth-order valence-corrected chi connectivity index (χ4v) is 27.1. The molecular weight excluding hydrogens is 849 g/mol. The minimum absolute atomic E-state index is 1.23. The second-order valence-corrected chi connectivity index (χ2v) is 28.0. The van der Waals surface area contributed by atoms with Crippen molar-refractivity contribution in [2.75, 3.05) is 36.5 Å². The van der Waals surface area contributed by atoms with Crippen molar-refractivity contribution in [1.29, 1.82) is 0 Å².